The molecule has 21 heavy (non-hydrogen) atoms. The van der Waals surface area contributed by atoms with E-state index in [9.17, 15) is 4.91 Å². The lowest BCUT2D eigenvalue weighted by atomic mass is 9.70. The lowest BCUT2D eigenvalue weighted by Gasteiger charge is -2.44. The van der Waals surface area contributed by atoms with Crippen LogP contribution >= 0.6 is 11.8 Å². The minimum atomic E-state index is -0.266. The average molecular weight is 306 g/mol. The molecular weight excluding hydrogens is 286 g/mol. The fourth-order valence-electron chi connectivity index (χ4n) is 3.45. The number of nitrogens with two attached hydrogens (primary N) is 1. The predicted molar refractivity (Wildman–Crippen MR) is 84.5 cm³/mol. The second-order valence-corrected chi connectivity index (χ2v) is 6.66. The zero-order valence-corrected chi connectivity index (χ0v) is 12.9. The average Bonchev–Trinajstić information content (AvgIpc) is 2.54. The first-order valence-corrected chi connectivity index (χ1v) is 8.24. The van der Waals surface area contributed by atoms with E-state index in [0.29, 0.717) is 21.7 Å². The van der Waals surface area contributed by atoms with Gasteiger partial charge in [0.05, 0.1) is 10.4 Å². The third kappa shape index (κ3) is 2.52. The molecule has 0 radical (unpaired) electrons. The van der Waals surface area contributed by atoms with Crippen molar-refractivity contribution in [2.75, 3.05) is 12.9 Å². The summed E-state index contributed by atoms with van der Waals surface area (Å²) >= 11 is 1.64. The highest BCUT2D eigenvalue weighted by molar-refractivity contribution is 8.13. The van der Waals surface area contributed by atoms with E-state index in [1.807, 2.05) is 12.1 Å². The van der Waals surface area contributed by atoms with E-state index >= 15 is 0 Å². The first kappa shape index (κ1) is 14.4. The number of nitrogens with zero attached hydrogens (tertiary/aromatic N) is 2. The quantitative estimate of drug-likeness (QED) is 0.871. The topological polar surface area (TPSA) is 67.7 Å². The summed E-state index contributed by atoms with van der Waals surface area (Å²) in [5.74, 6) is 1.49. The molecule has 0 amide bonds. The number of aliphatic imine (C=N–C) groups is 1. The van der Waals surface area contributed by atoms with Gasteiger partial charge in [0.25, 0.3) is 4.92 Å². The fraction of sp³-hybridized carbons (Fsp3) is 0.533. The first-order valence-electron chi connectivity index (χ1n) is 7.26. The Balaban J connectivity index is 2.06. The highest BCUT2D eigenvalue weighted by Crippen LogP contribution is 2.49. The van der Waals surface area contributed by atoms with Crippen molar-refractivity contribution in [3.63, 3.8) is 0 Å². The summed E-state index contributed by atoms with van der Waals surface area (Å²) in [5, 5.41) is 0.657. The molecular formula is C15H20N3O2S+. The molecule has 1 aliphatic carbocycles. The molecule has 1 fully saturated rings. The summed E-state index contributed by atoms with van der Waals surface area (Å²) < 4.78 is 0. The van der Waals surface area contributed by atoms with E-state index < -0.39 is 0 Å². The van der Waals surface area contributed by atoms with Gasteiger partial charge in [-0.25, -0.2) is 4.84 Å². The summed E-state index contributed by atoms with van der Waals surface area (Å²) in [6.07, 6.45) is 4.55. The zero-order chi connectivity index (χ0) is 14.9. The second kappa shape index (κ2) is 5.67. The summed E-state index contributed by atoms with van der Waals surface area (Å²) in [6.45, 7) is 0. The van der Waals surface area contributed by atoms with Crippen LogP contribution in [0.25, 0.3) is 0 Å². The van der Waals surface area contributed by atoms with Crippen molar-refractivity contribution < 1.29 is 9.76 Å². The molecule has 0 unspecified atom stereocenters. The molecule has 0 bridgehead atoms. The van der Waals surface area contributed by atoms with Gasteiger partial charge >= 0.3 is 5.69 Å². The van der Waals surface area contributed by atoms with E-state index in [2.05, 4.69) is 6.07 Å². The van der Waals surface area contributed by atoms with Crippen molar-refractivity contribution in [3.05, 3.63) is 34.7 Å². The molecule has 1 heterocycles. The van der Waals surface area contributed by atoms with Crippen LogP contribution in [0.1, 0.15) is 31.2 Å². The van der Waals surface area contributed by atoms with Crippen LogP contribution in [0.5, 0.6) is 0 Å². The minimum absolute atomic E-state index is 0.266. The molecule has 1 aliphatic heterocycles. The van der Waals surface area contributed by atoms with Gasteiger partial charge in [-0.05, 0) is 24.3 Å². The van der Waals surface area contributed by atoms with Gasteiger partial charge in [-0.2, -0.15) is 0 Å². The highest BCUT2D eigenvalue weighted by Gasteiger charge is 2.45. The minimum Gasteiger partial charge on any atom is -0.379 e. The molecule has 112 valence electrons. The van der Waals surface area contributed by atoms with Crippen molar-refractivity contribution in [2.24, 2.45) is 16.6 Å². The van der Waals surface area contributed by atoms with E-state index in [1.54, 1.807) is 17.8 Å². The maximum Gasteiger partial charge on any atom is 0.317 e. The molecule has 1 saturated carbocycles. The van der Waals surface area contributed by atoms with E-state index in [1.165, 1.54) is 20.0 Å². The van der Waals surface area contributed by atoms with Crippen molar-refractivity contribution in [1.82, 2.24) is 0 Å². The van der Waals surface area contributed by atoms with Crippen LogP contribution in [0, 0.1) is 10.8 Å². The molecule has 1 aromatic rings. The smallest absolute Gasteiger partial charge is 0.317 e. The van der Waals surface area contributed by atoms with Crippen LogP contribution in [-0.2, 0) is 10.4 Å². The number of amidine groups is 1. The fourth-order valence-corrected chi connectivity index (χ4v) is 4.49. The number of fused-ring (bicyclic) bond motifs is 1. The Morgan fingerprint density at radius 3 is 3.14 bits per heavy atom. The largest absolute Gasteiger partial charge is 0.379 e. The molecule has 0 aromatic heterocycles. The van der Waals surface area contributed by atoms with Crippen LogP contribution < -0.4 is 5.73 Å². The van der Waals surface area contributed by atoms with Crippen LogP contribution in [0.4, 0.5) is 5.69 Å². The Bertz CT molecular complexity index is 590. The Morgan fingerprint density at radius 2 is 2.33 bits per heavy atom. The van der Waals surface area contributed by atoms with Crippen LogP contribution in [0.3, 0.4) is 0 Å². The molecule has 2 atom stereocenters. The van der Waals surface area contributed by atoms with E-state index in [0.717, 1.165) is 24.2 Å². The Kier molecular flexibility index (Phi) is 3.89. The maximum absolute atomic E-state index is 11.7. The van der Waals surface area contributed by atoms with Gasteiger partial charge in [0.15, 0.2) is 12.3 Å². The van der Waals surface area contributed by atoms with Crippen LogP contribution in [0.2, 0.25) is 0 Å². The number of hydrogen-bond donors (Lipinski definition) is 1. The first-order chi connectivity index (χ1) is 10.2. The maximum atomic E-state index is 11.7. The molecule has 1 aromatic carbocycles. The zero-order valence-electron chi connectivity index (χ0n) is 12.1. The van der Waals surface area contributed by atoms with Gasteiger partial charge in [0.2, 0.25) is 0 Å². The van der Waals surface area contributed by atoms with Crippen LogP contribution in [0.15, 0.2) is 29.3 Å². The van der Waals surface area contributed by atoms with Gasteiger partial charge in [-0.15, -0.1) is 0 Å². The normalized spacial score (nSPS) is 28.4. The van der Waals surface area contributed by atoms with Gasteiger partial charge in [-0.3, -0.25) is 4.99 Å². The standard InChI is InChI=1S/C15H20N3O2S/c1-20-18(19)13-7-4-6-11(9-13)15-8-3-2-5-12(15)10-21-14(16)17-15/h4,6-7,9,12H,2-3,5,8,10H2,1H3,(H2,16,17)/q+1/t12-,15+/m0/s1. The third-order valence-electron chi connectivity index (χ3n) is 4.50. The van der Waals surface area contributed by atoms with Crippen molar-refractivity contribution in [1.29, 1.82) is 0 Å². The van der Waals surface area contributed by atoms with E-state index in [4.69, 9.17) is 15.6 Å². The summed E-state index contributed by atoms with van der Waals surface area (Å²) in [4.78, 5) is 21.8. The molecule has 0 saturated heterocycles. The van der Waals surface area contributed by atoms with Gasteiger partial charge in [-0.1, -0.05) is 36.7 Å². The Labute approximate surface area is 128 Å². The molecule has 6 heteroatoms. The molecule has 5 nitrogen and oxygen atoms in total. The predicted octanol–water partition coefficient (Wildman–Crippen LogP) is 3.11. The number of benzene rings is 1. The summed E-state index contributed by atoms with van der Waals surface area (Å²) in [7, 11) is 1.37. The Hall–Kier alpha value is -1.56. The lowest BCUT2D eigenvalue weighted by Crippen LogP contribution is -2.42. The monoisotopic (exact) mass is 306 g/mol. The molecule has 2 N–H and O–H groups in total. The summed E-state index contributed by atoms with van der Waals surface area (Å²) in [6, 6.07) is 7.58. The number of hydrogen-bond acceptors (Lipinski definition) is 5. The molecule has 2 aliphatic rings. The highest BCUT2D eigenvalue weighted by atomic mass is 32.2. The lowest BCUT2D eigenvalue weighted by molar-refractivity contribution is -0.736. The molecule has 0 spiro atoms. The SMILES string of the molecule is CO[N+](=O)c1cccc([C@]23CCCC[C@H]2CSC(N)=N3)c1. The summed E-state index contributed by atoms with van der Waals surface area (Å²) in [5.41, 5.74) is 7.31. The van der Waals surface area contributed by atoms with E-state index in [-0.39, 0.29) is 5.54 Å². The van der Waals surface area contributed by atoms with Crippen molar-refractivity contribution in [2.45, 2.75) is 31.2 Å². The third-order valence-corrected chi connectivity index (χ3v) is 5.46. The second-order valence-electron chi connectivity index (χ2n) is 5.62. The Morgan fingerprint density at radius 1 is 1.48 bits per heavy atom. The van der Waals surface area contributed by atoms with Gasteiger partial charge in [0.1, 0.15) is 0 Å². The number of thioether (sulfide) groups is 1. The van der Waals surface area contributed by atoms with Crippen LogP contribution in [-0.4, -0.2) is 23.0 Å². The van der Waals surface area contributed by atoms with Crippen molar-refractivity contribution in [3.8, 4) is 0 Å². The van der Waals surface area contributed by atoms with Gasteiger partial charge in [0, 0.05) is 17.9 Å². The molecule has 3 rings (SSSR count). The van der Waals surface area contributed by atoms with Crippen molar-refractivity contribution >= 4 is 22.6 Å². The number of rotatable bonds is 3. The van der Waals surface area contributed by atoms with Gasteiger partial charge < -0.3 is 5.73 Å².